The summed E-state index contributed by atoms with van der Waals surface area (Å²) in [5, 5.41) is 21.7. The van der Waals surface area contributed by atoms with Gasteiger partial charge in [-0.3, -0.25) is 4.79 Å². The number of carboxylic acid groups (broad SMARTS) is 1. The predicted molar refractivity (Wildman–Crippen MR) is 56.2 cm³/mol. The molecule has 1 fully saturated rings. The highest BCUT2D eigenvalue weighted by atomic mass is 16.4. The molecule has 1 aliphatic heterocycles. The maximum Gasteiger partial charge on any atom is 0.328 e. The maximum absolute atomic E-state index is 11.4. The van der Waals surface area contributed by atoms with Crippen molar-refractivity contribution in [2.45, 2.75) is 18.5 Å². The molecular weight excluding hydrogens is 230 g/mol. The molecule has 0 aliphatic carbocycles. The number of aliphatic hydroxyl groups is 1. The monoisotopic (exact) mass is 245 g/mol. The van der Waals surface area contributed by atoms with E-state index in [1.54, 1.807) is 7.05 Å². The van der Waals surface area contributed by atoms with Gasteiger partial charge in [-0.25, -0.2) is 9.59 Å². The minimum atomic E-state index is -1.37. The molecule has 96 valence electrons. The van der Waals surface area contributed by atoms with Crippen LogP contribution in [0.4, 0.5) is 4.79 Å². The highest BCUT2D eigenvalue weighted by Gasteiger charge is 2.31. The number of hydrogen-bond acceptors (Lipinski definition) is 4. The van der Waals surface area contributed by atoms with E-state index in [-0.39, 0.29) is 5.91 Å². The van der Waals surface area contributed by atoms with E-state index in [2.05, 4.69) is 10.6 Å². The van der Waals surface area contributed by atoms with Gasteiger partial charge in [0, 0.05) is 13.6 Å². The zero-order chi connectivity index (χ0) is 13.0. The number of carbonyl (C=O) groups is 3. The van der Waals surface area contributed by atoms with Gasteiger partial charge in [-0.15, -0.1) is 0 Å². The van der Waals surface area contributed by atoms with Crippen molar-refractivity contribution in [3.05, 3.63) is 0 Å². The molecule has 0 aromatic carbocycles. The van der Waals surface area contributed by atoms with Gasteiger partial charge in [0.1, 0.15) is 6.04 Å². The number of hydrogen-bond donors (Lipinski definition) is 4. The number of aliphatic hydroxyl groups excluding tert-OH is 1. The third kappa shape index (κ3) is 3.31. The number of amides is 3. The molecule has 1 rings (SSSR count). The molecule has 8 nitrogen and oxygen atoms in total. The summed E-state index contributed by atoms with van der Waals surface area (Å²) in [7, 11) is 1.62. The second kappa shape index (κ2) is 5.48. The van der Waals surface area contributed by atoms with Crippen LogP contribution < -0.4 is 10.6 Å². The van der Waals surface area contributed by atoms with Crippen LogP contribution >= 0.6 is 0 Å². The number of aliphatic carboxylic acids is 1. The van der Waals surface area contributed by atoms with Crippen LogP contribution in [0.5, 0.6) is 0 Å². The fourth-order valence-corrected chi connectivity index (χ4v) is 1.50. The summed E-state index contributed by atoms with van der Waals surface area (Å²) in [6, 6.07) is -2.78. The van der Waals surface area contributed by atoms with Crippen molar-refractivity contribution in [3.63, 3.8) is 0 Å². The smallest absolute Gasteiger partial charge is 0.328 e. The first-order chi connectivity index (χ1) is 7.95. The molecule has 2 atom stereocenters. The molecule has 3 amide bonds. The Morgan fingerprint density at radius 2 is 2.24 bits per heavy atom. The fourth-order valence-electron chi connectivity index (χ4n) is 1.50. The molecule has 0 saturated carbocycles. The summed E-state index contributed by atoms with van der Waals surface area (Å²) in [6.45, 7) is -0.159. The van der Waals surface area contributed by atoms with E-state index in [4.69, 9.17) is 10.2 Å². The van der Waals surface area contributed by atoms with Crippen molar-refractivity contribution in [2.75, 3.05) is 20.2 Å². The quantitative estimate of drug-likeness (QED) is 0.455. The van der Waals surface area contributed by atoms with Crippen LogP contribution in [0.1, 0.15) is 6.42 Å². The third-order valence-corrected chi connectivity index (χ3v) is 2.52. The van der Waals surface area contributed by atoms with Crippen LogP contribution in [-0.4, -0.2) is 65.3 Å². The van der Waals surface area contributed by atoms with E-state index in [1.807, 2.05) is 0 Å². The van der Waals surface area contributed by atoms with Gasteiger partial charge in [0.15, 0.2) is 6.04 Å². The van der Waals surface area contributed by atoms with Gasteiger partial charge in [-0.1, -0.05) is 0 Å². The Kier molecular flexibility index (Phi) is 4.27. The minimum absolute atomic E-state index is 0.212. The lowest BCUT2D eigenvalue weighted by atomic mass is 10.2. The first-order valence-electron chi connectivity index (χ1n) is 5.11. The van der Waals surface area contributed by atoms with Crippen LogP contribution in [0.25, 0.3) is 0 Å². The lowest BCUT2D eigenvalue weighted by molar-refractivity contribution is -0.140. The highest BCUT2D eigenvalue weighted by Crippen LogP contribution is 2.07. The van der Waals surface area contributed by atoms with Gasteiger partial charge in [-0.05, 0) is 6.42 Å². The molecule has 1 unspecified atom stereocenters. The summed E-state index contributed by atoms with van der Waals surface area (Å²) < 4.78 is 0. The van der Waals surface area contributed by atoms with E-state index in [9.17, 15) is 14.4 Å². The number of nitrogens with zero attached hydrogens (tertiary/aromatic N) is 1. The molecule has 4 N–H and O–H groups in total. The van der Waals surface area contributed by atoms with Gasteiger partial charge in [0.05, 0.1) is 6.61 Å². The maximum atomic E-state index is 11.4. The van der Waals surface area contributed by atoms with E-state index in [0.29, 0.717) is 13.0 Å². The Balaban J connectivity index is 2.44. The molecule has 0 aromatic heterocycles. The fraction of sp³-hybridized carbons (Fsp3) is 0.667. The van der Waals surface area contributed by atoms with Crippen molar-refractivity contribution in [1.82, 2.24) is 15.5 Å². The van der Waals surface area contributed by atoms with E-state index >= 15 is 0 Å². The Labute approximate surface area is 97.6 Å². The number of urea groups is 1. The Bertz CT molecular complexity index is 333. The normalized spacial score (nSPS) is 21.2. The molecule has 0 spiro atoms. The summed E-state index contributed by atoms with van der Waals surface area (Å²) in [5.74, 6) is -1.55. The average molecular weight is 245 g/mol. The van der Waals surface area contributed by atoms with Crippen LogP contribution in [0.3, 0.4) is 0 Å². The van der Waals surface area contributed by atoms with E-state index < -0.39 is 30.7 Å². The number of rotatable bonds is 4. The van der Waals surface area contributed by atoms with Gasteiger partial charge in [0.2, 0.25) is 5.91 Å². The number of carboxylic acids is 1. The SMILES string of the molecule is CN1CCC(NC(=O)N[C@@H](CO)C(=O)O)C1=O. The zero-order valence-corrected chi connectivity index (χ0v) is 9.34. The molecule has 1 heterocycles. The average Bonchev–Trinajstić information content (AvgIpc) is 2.57. The second-order valence-corrected chi connectivity index (χ2v) is 3.79. The number of carbonyl (C=O) groups excluding carboxylic acids is 2. The van der Waals surface area contributed by atoms with Crippen LogP contribution in [0.2, 0.25) is 0 Å². The van der Waals surface area contributed by atoms with E-state index in [0.717, 1.165) is 0 Å². The van der Waals surface area contributed by atoms with Crippen LogP contribution in [0, 0.1) is 0 Å². The summed E-state index contributed by atoms with van der Waals surface area (Å²) in [6.07, 6.45) is 0.486. The van der Waals surface area contributed by atoms with Crippen molar-refractivity contribution < 1.29 is 24.6 Å². The van der Waals surface area contributed by atoms with Gasteiger partial charge >= 0.3 is 12.0 Å². The topological polar surface area (TPSA) is 119 Å². The van der Waals surface area contributed by atoms with Crippen LogP contribution in [0.15, 0.2) is 0 Å². The second-order valence-electron chi connectivity index (χ2n) is 3.79. The first-order valence-corrected chi connectivity index (χ1v) is 5.11. The number of likely N-dealkylation sites (N-methyl/N-ethyl adjacent to an activating group) is 1. The van der Waals surface area contributed by atoms with Crippen molar-refractivity contribution >= 4 is 17.9 Å². The Hall–Kier alpha value is -1.83. The van der Waals surface area contributed by atoms with Crippen LogP contribution in [-0.2, 0) is 9.59 Å². The first kappa shape index (κ1) is 13.2. The zero-order valence-electron chi connectivity index (χ0n) is 9.34. The number of likely N-dealkylation sites (tertiary alicyclic amines) is 1. The lowest BCUT2D eigenvalue weighted by Gasteiger charge is -2.15. The number of nitrogens with one attached hydrogen (secondary N) is 2. The largest absolute Gasteiger partial charge is 0.480 e. The molecule has 17 heavy (non-hydrogen) atoms. The molecule has 0 aromatic rings. The van der Waals surface area contributed by atoms with Gasteiger partial charge in [0.25, 0.3) is 0 Å². The summed E-state index contributed by atoms with van der Waals surface area (Å²) in [4.78, 5) is 34.8. The van der Waals surface area contributed by atoms with Gasteiger partial charge < -0.3 is 25.7 Å². The Morgan fingerprint density at radius 3 is 2.65 bits per heavy atom. The molecule has 8 heteroatoms. The molecule has 1 aliphatic rings. The molecule has 0 bridgehead atoms. The molecular formula is C9H15N3O5. The summed E-state index contributed by atoms with van der Waals surface area (Å²) >= 11 is 0. The predicted octanol–water partition coefficient (Wildman–Crippen LogP) is -2.04. The van der Waals surface area contributed by atoms with Crippen molar-refractivity contribution in [3.8, 4) is 0 Å². The third-order valence-electron chi connectivity index (χ3n) is 2.52. The minimum Gasteiger partial charge on any atom is -0.480 e. The molecule has 1 saturated heterocycles. The highest BCUT2D eigenvalue weighted by molar-refractivity contribution is 5.89. The lowest BCUT2D eigenvalue weighted by Crippen LogP contribution is -2.51. The molecule has 0 radical (unpaired) electrons. The Morgan fingerprint density at radius 1 is 1.59 bits per heavy atom. The van der Waals surface area contributed by atoms with Gasteiger partial charge in [-0.2, -0.15) is 0 Å². The standard InChI is InChI=1S/C9H15N3O5/c1-12-3-2-5(7(12)14)10-9(17)11-6(4-13)8(15)16/h5-6,13H,2-4H2,1H3,(H,15,16)(H2,10,11,17)/t5?,6-/m0/s1. The van der Waals surface area contributed by atoms with Crippen molar-refractivity contribution in [1.29, 1.82) is 0 Å². The van der Waals surface area contributed by atoms with Crippen molar-refractivity contribution in [2.24, 2.45) is 0 Å². The van der Waals surface area contributed by atoms with E-state index in [1.165, 1.54) is 4.90 Å². The summed E-state index contributed by atoms with van der Waals surface area (Å²) in [5.41, 5.74) is 0.